The lowest BCUT2D eigenvalue weighted by atomic mass is 10.0. The third-order valence-corrected chi connectivity index (χ3v) is 3.49. The number of aromatic nitrogens is 1. The van der Waals surface area contributed by atoms with Crippen molar-refractivity contribution < 1.29 is 9.47 Å². The van der Waals surface area contributed by atoms with E-state index in [9.17, 15) is 0 Å². The van der Waals surface area contributed by atoms with E-state index in [1.54, 1.807) is 14.2 Å². The zero-order valence-corrected chi connectivity index (χ0v) is 13.7. The normalized spacial score (nSPS) is 13.2. The van der Waals surface area contributed by atoms with Crippen molar-refractivity contribution >= 4 is 16.5 Å². The molecule has 0 amide bonds. The van der Waals surface area contributed by atoms with Crippen LogP contribution in [0.15, 0.2) is 42.5 Å². The van der Waals surface area contributed by atoms with Gasteiger partial charge in [-0.15, -0.1) is 0 Å². The highest BCUT2D eigenvalue weighted by atomic mass is 16.5. The molecule has 0 radical (unpaired) electrons. The van der Waals surface area contributed by atoms with Crippen molar-refractivity contribution in [1.82, 2.24) is 4.98 Å². The van der Waals surface area contributed by atoms with Crippen LogP contribution < -0.4 is 9.47 Å². The Hall–Kier alpha value is -2.29. The molecule has 0 N–H and O–H groups in total. The Morgan fingerprint density at radius 3 is 2.45 bits per heavy atom. The fourth-order valence-corrected chi connectivity index (χ4v) is 2.42. The van der Waals surface area contributed by atoms with E-state index in [4.69, 9.17) is 14.5 Å². The molecular weight excluding hydrogens is 274 g/mol. The number of nitrogens with zero attached hydrogens (tertiary/aromatic N) is 1. The van der Waals surface area contributed by atoms with Gasteiger partial charge in [0.2, 0.25) is 0 Å². The van der Waals surface area contributed by atoms with Crippen molar-refractivity contribution in [3.63, 3.8) is 0 Å². The molecule has 3 heteroatoms. The molecule has 116 valence electrons. The molecule has 0 unspecified atom stereocenters. The topological polar surface area (TPSA) is 31.4 Å². The average Bonchev–Trinajstić information content (AvgIpc) is 2.62. The molecule has 1 heterocycles. The van der Waals surface area contributed by atoms with Crippen molar-refractivity contribution in [3.05, 3.63) is 48.2 Å². The first-order chi connectivity index (χ1) is 10.8. The summed E-state index contributed by atoms with van der Waals surface area (Å²) < 4.78 is 10.8. The van der Waals surface area contributed by atoms with Gasteiger partial charge in [0.25, 0.3) is 0 Å². The van der Waals surface area contributed by atoms with Gasteiger partial charge in [-0.25, -0.2) is 4.98 Å². The van der Waals surface area contributed by atoms with Crippen molar-refractivity contribution in [2.45, 2.75) is 26.7 Å². The van der Waals surface area contributed by atoms with Crippen LogP contribution in [0.5, 0.6) is 11.5 Å². The summed E-state index contributed by atoms with van der Waals surface area (Å²) in [5.74, 6) is 1.64. The van der Waals surface area contributed by atoms with Crippen LogP contribution in [-0.2, 0) is 0 Å². The summed E-state index contributed by atoms with van der Waals surface area (Å²) in [6.45, 7) is 4.00. The van der Waals surface area contributed by atoms with Crippen LogP contribution in [0.4, 0.5) is 0 Å². The molecular formula is C19H23NO2. The standard InChI is InChI=1S/C17H17NO2.C2H6/c1-19-13-8-9-14-16(10-13)18-15(11-17(14)20-2)12-6-4-3-5-7-12;1-2/h4,6-11H,3,5H2,1-2H3;1-2H3. The van der Waals surface area contributed by atoms with Gasteiger partial charge in [0.15, 0.2) is 0 Å². The molecule has 1 aliphatic carbocycles. The monoisotopic (exact) mass is 297 g/mol. The predicted molar refractivity (Wildman–Crippen MR) is 92.5 cm³/mol. The smallest absolute Gasteiger partial charge is 0.130 e. The Morgan fingerprint density at radius 1 is 1.00 bits per heavy atom. The molecule has 0 bridgehead atoms. The van der Waals surface area contributed by atoms with Gasteiger partial charge >= 0.3 is 0 Å². The minimum absolute atomic E-state index is 0.803. The Bertz CT molecular complexity index is 702. The summed E-state index contributed by atoms with van der Waals surface area (Å²) in [5.41, 5.74) is 2.98. The van der Waals surface area contributed by atoms with Crippen LogP contribution in [0.2, 0.25) is 0 Å². The lowest BCUT2D eigenvalue weighted by Crippen LogP contribution is -1.95. The van der Waals surface area contributed by atoms with Gasteiger partial charge in [0.1, 0.15) is 11.5 Å². The molecule has 0 saturated carbocycles. The largest absolute Gasteiger partial charge is 0.497 e. The molecule has 0 atom stereocenters. The van der Waals surface area contributed by atoms with Crippen LogP contribution in [0.3, 0.4) is 0 Å². The van der Waals surface area contributed by atoms with Crippen LogP contribution in [0.1, 0.15) is 32.4 Å². The van der Waals surface area contributed by atoms with E-state index in [-0.39, 0.29) is 0 Å². The molecule has 2 aromatic rings. The molecule has 1 aromatic carbocycles. The van der Waals surface area contributed by atoms with E-state index in [1.165, 1.54) is 0 Å². The van der Waals surface area contributed by atoms with Gasteiger partial charge in [0.05, 0.1) is 25.4 Å². The molecule has 3 rings (SSSR count). The maximum atomic E-state index is 5.50. The SMILES string of the molecule is CC.COc1ccc2c(OC)cc(C3=CCCC=C3)nc2c1. The van der Waals surface area contributed by atoms with Crippen molar-refractivity contribution in [2.75, 3.05) is 14.2 Å². The highest BCUT2D eigenvalue weighted by molar-refractivity contribution is 5.89. The number of allylic oxidation sites excluding steroid dienone is 4. The first-order valence-electron chi connectivity index (χ1n) is 7.71. The minimum atomic E-state index is 0.803. The first kappa shape index (κ1) is 16.1. The number of pyridine rings is 1. The van der Waals surface area contributed by atoms with Crippen LogP contribution in [0, 0.1) is 0 Å². The summed E-state index contributed by atoms with van der Waals surface area (Å²) >= 11 is 0. The zero-order chi connectivity index (χ0) is 15.9. The second-order valence-corrected chi connectivity index (χ2v) is 4.73. The third kappa shape index (κ3) is 3.30. The second-order valence-electron chi connectivity index (χ2n) is 4.73. The minimum Gasteiger partial charge on any atom is -0.497 e. The summed E-state index contributed by atoms with van der Waals surface area (Å²) in [7, 11) is 3.35. The Morgan fingerprint density at radius 2 is 1.82 bits per heavy atom. The van der Waals surface area contributed by atoms with Crippen molar-refractivity contribution in [3.8, 4) is 11.5 Å². The molecule has 0 aliphatic heterocycles. The molecule has 1 aromatic heterocycles. The lowest BCUT2D eigenvalue weighted by molar-refractivity contribution is 0.414. The van der Waals surface area contributed by atoms with E-state index >= 15 is 0 Å². The van der Waals surface area contributed by atoms with Gasteiger partial charge in [-0.1, -0.05) is 32.1 Å². The number of rotatable bonds is 3. The van der Waals surface area contributed by atoms with Crippen molar-refractivity contribution in [2.24, 2.45) is 0 Å². The number of methoxy groups -OCH3 is 2. The zero-order valence-electron chi connectivity index (χ0n) is 13.7. The fourth-order valence-electron chi connectivity index (χ4n) is 2.42. The molecule has 1 aliphatic rings. The Labute approximate surface area is 132 Å². The number of hydrogen-bond donors (Lipinski definition) is 0. The highest BCUT2D eigenvalue weighted by Gasteiger charge is 2.10. The van der Waals surface area contributed by atoms with Crippen LogP contribution in [0.25, 0.3) is 16.5 Å². The maximum Gasteiger partial charge on any atom is 0.130 e. The first-order valence-corrected chi connectivity index (χ1v) is 7.71. The van der Waals surface area contributed by atoms with Gasteiger partial charge < -0.3 is 9.47 Å². The van der Waals surface area contributed by atoms with Crippen LogP contribution in [-0.4, -0.2) is 19.2 Å². The van der Waals surface area contributed by atoms with E-state index in [1.807, 2.05) is 38.1 Å². The molecule has 22 heavy (non-hydrogen) atoms. The van der Waals surface area contributed by atoms with E-state index < -0.39 is 0 Å². The molecule has 0 spiro atoms. The highest BCUT2D eigenvalue weighted by Crippen LogP contribution is 2.31. The Kier molecular flexibility index (Phi) is 5.59. The van der Waals surface area contributed by atoms with Crippen molar-refractivity contribution in [1.29, 1.82) is 0 Å². The van der Waals surface area contributed by atoms with E-state index in [0.717, 1.165) is 46.5 Å². The molecule has 0 fully saturated rings. The summed E-state index contributed by atoms with van der Waals surface area (Å²) in [4.78, 5) is 4.74. The molecule has 3 nitrogen and oxygen atoms in total. The van der Waals surface area contributed by atoms with Gasteiger partial charge in [-0.05, 0) is 30.5 Å². The number of benzene rings is 1. The van der Waals surface area contributed by atoms with Crippen LogP contribution >= 0.6 is 0 Å². The molecule has 0 saturated heterocycles. The quantitative estimate of drug-likeness (QED) is 0.798. The van der Waals surface area contributed by atoms with E-state index in [0.29, 0.717) is 0 Å². The van der Waals surface area contributed by atoms with Gasteiger partial charge in [-0.3, -0.25) is 0 Å². The Balaban J connectivity index is 0.000000847. The predicted octanol–water partition coefficient (Wildman–Crippen LogP) is 5.01. The number of hydrogen-bond acceptors (Lipinski definition) is 3. The second kappa shape index (κ2) is 7.64. The summed E-state index contributed by atoms with van der Waals surface area (Å²) in [5, 5.41) is 0.998. The number of ether oxygens (including phenoxy) is 2. The van der Waals surface area contributed by atoms with E-state index in [2.05, 4.69) is 18.2 Å². The maximum absolute atomic E-state index is 5.50. The number of fused-ring (bicyclic) bond motifs is 1. The third-order valence-electron chi connectivity index (χ3n) is 3.49. The van der Waals surface area contributed by atoms with Gasteiger partial charge in [0, 0.05) is 17.5 Å². The average molecular weight is 297 g/mol. The fraction of sp³-hybridized carbons (Fsp3) is 0.316. The lowest BCUT2D eigenvalue weighted by Gasteiger charge is -2.12. The van der Waals surface area contributed by atoms with Gasteiger partial charge in [-0.2, -0.15) is 0 Å². The summed E-state index contributed by atoms with van der Waals surface area (Å²) in [6.07, 6.45) is 8.68. The summed E-state index contributed by atoms with van der Waals surface area (Å²) in [6, 6.07) is 7.84.